The molecule has 0 unspecified atom stereocenters. The van der Waals surface area contributed by atoms with Crippen LogP contribution in [0.5, 0.6) is 5.75 Å². The number of hydrogen-bond acceptors (Lipinski definition) is 2. The summed E-state index contributed by atoms with van der Waals surface area (Å²) in [6, 6.07) is 8.12. The third-order valence-electron chi connectivity index (χ3n) is 2.71. The van der Waals surface area contributed by atoms with Gasteiger partial charge >= 0.3 is 12.1 Å². The third-order valence-corrected chi connectivity index (χ3v) is 2.71. The van der Waals surface area contributed by atoms with E-state index in [2.05, 4.69) is 0 Å². The van der Waals surface area contributed by atoms with E-state index in [-0.39, 0.29) is 11.8 Å². The number of benzene rings is 2. The number of hydrogen-bond donors (Lipinski definition) is 0. The molecule has 0 heterocycles. The second kappa shape index (κ2) is 5.55. The monoisotopic (exact) mass is 298 g/mol. The van der Waals surface area contributed by atoms with Gasteiger partial charge in [0.25, 0.3) is 0 Å². The number of ether oxygens (including phenoxy) is 1. The van der Waals surface area contributed by atoms with E-state index in [9.17, 15) is 22.4 Å². The van der Waals surface area contributed by atoms with Gasteiger partial charge in [-0.15, -0.1) is 0 Å². The van der Waals surface area contributed by atoms with Crippen LogP contribution in [-0.2, 0) is 6.18 Å². The Bertz CT molecular complexity index is 678. The summed E-state index contributed by atoms with van der Waals surface area (Å²) in [6.07, 6.45) is -4.84. The van der Waals surface area contributed by atoms with Crippen LogP contribution in [0.2, 0.25) is 0 Å². The summed E-state index contributed by atoms with van der Waals surface area (Å²) in [4.78, 5) is 11.9. The highest BCUT2D eigenvalue weighted by molar-refractivity contribution is 5.92. The Morgan fingerprint density at radius 2 is 1.81 bits per heavy atom. The van der Waals surface area contributed by atoms with E-state index in [1.807, 2.05) is 0 Å². The van der Waals surface area contributed by atoms with Crippen molar-refractivity contribution in [2.24, 2.45) is 0 Å². The maximum absolute atomic E-state index is 13.0. The van der Waals surface area contributed by atoms with E-state index in [0.29, 0.717) is 0 Å². The van der Waals surface area contributed by atoms with Gasteiger partial charge in [-0.2, -0.15) is 13.2 Å². The minimum absolute atomic E-state index is 0.123. The zero-order valence-electron chi connectivity index (χ0n) is 10.9. The first-order chi connectivity index (χ1) is 9.77. The molecule has 21 heavy (non-hydrogen) atoms. The Balaban J connectivity index is 2.35. The second-order valence-electron chi connectivity index (χ2n) is 4.39. The molecule has 2 nitrogen and oxygen atoms in total. The van der Waals surface area contributed by atoms with Crippen LogP contribution in [0.3, 0.4) is 0 Å². The van der Waals surface area contributed by atoms with E-state index < -0.39 is 29.1 Å². The Kier molecular flexibility index (Phi) is 3.97. The fraction of sp³-hybridized carbons (Fsp3) is 0.133. The summed E-state index contributed by atoms with van der Waals surface area (Å²) in [5.74, 6) is -2.14. The standard InChI is InChI=1S/C15H10F4O2/c1-9-3-2-4-11(7-9)21-14(20)12-6-5-10(16)8-13(12)15(17,18)19/h2-8H,1H3. The van der Waals surface area contributed by atoms with Gasteiger partial charge in [-0.1, -0.05) is 12.1 Å². The van der Waals surface area contributed by atoms with E-state index in [1.54, 1.807) is 19.1 Å². The number of aryl methyl sites for hydroxylation is 1. The van der Waals surface area contributed by atoms with Crippen LogP contribution in [0.4, 0.5) is 17.6 Å². The molecule has 6 heteroatoms. The quantitative estimate of drug-likeness (QED) is 0.467. The summed E-state index contributed by atoms with van der Waals surface area (Å²) in [6.45, 7) is 1.75. The number of carbonyl (C=O) groups excluding carboxylic acids is 1. The molecule has 0 fully saturated rings. The molecule has 0 atom stereocenters. The SMILES string of the molecule is Cc1cccc(OC(=O)c2ccc(F)cc2C(F)(F)F)c1. The Hall–Kier alpha value is -2.37. The average molecular weight is 298 g/mol. The molecule has 110 valence electrons. The molecule has 0 aliphatic heterocycles. The molecule has 2 aromatic carbocycles. The van der Waals surface area contributed by atoms with Crippen molar-refractivity contribution in [3.8, 4) is 5.75 Å². The van der Waals surface area contributed by atoms with Gasteiger partial charge in [-0.3, -0.25) is 0 Å². The van der Waals surface area contributed by atoms with Crippen LogP contribution >= 0.6 is 0 Å². The molecule has 0 saturated carbocycles. The number of esters is 1. The zero-order valence-corrected chi connectivity index (χ0v) is 10.9. The van der Waals surface area contributed by atoms with Crippen LogP contribution < -0.4 is 4.74 Å². The van der Waals surface area contributed by atoms with Crippen LogP contribution in [0, 0.1) is 12.7 Å². The molecule has 0 aromatic heterocycles. The number of halogens is 4. The molecule has 0 aliphatic rings. The number of rotatable bonds is 2. The van der Waals surface area contributed by atoms with Crippen molar-refractivity contribution < 1.29 is 27.1 Å². The summed E-state index contributed by atoms with van der Waals surface area (Å²) < 4.78 is 56.3. The van der Waals surface area contributed by atoms with Gasteiger partial charge in [0.15, 0.2) is 0 Å². The van der Waals surface area contributed by atoms with Crippen molar-refractivity contribution in [1.82, 2.24) is 0 Å². The van der Waals surface area contributed by atoms with Crippen molar-refractivity contribution in [1.29, 1.82) is 0 Å². The molecule has 2 aromatic rings. The summed E-state index contributed by atoms with van der Waals surface area (Å²) >= 11 is 0. The normalized spacial score (nSPS) is 11.3. The van der Waals surface area contributed by atoms with Gasteiger partial charge in [-0.25, -0.2) is 9.18 Å². The van der Waals surface area contributed by atoms with Gasteiger partial charge in [0.05, 0.1) is 11.1 Å². The molecule has 0 radical (unpaired) electrons. The zero-order chi connectivity index (χ0) is 15.6. The molecule has 0 saturated heterocycles. The van der Waals surface area contributed by atoms with Gasteiger partial charge in [0.2, 0.25) is 0 Å². The average Bonchev–Trinajstić information content (AvgIpc) is 2.37. The Labute approximate surface area is 118 Å². The lowest BCUT2D eigenvalue weighted by Crippen LogP contribution is -2.17. The predicted octanol–water partition coefficient (Wildman–Crippen LogP) is 4.37. The highest BCUT2D eigenvalue weighted by Gasteiger charge is 2.36. The fourth-order valence-corrected chi connectivity index (χ4v) is 1.77. The van der Waals surface area contributed by atoms with Gasteiger partial charge in [-0.05, 0) is 42.8 Å². The lowest BCUT2D eigenvalue weighted by Gasteiger charge is -2.12. The van der Waals surface area contributed by atoms with E-state index in [0.717, 1.165) is 17.7 Å². The van der Waals surface area contributed by atoms with Crippen molar-refractivity contribution in [2.75, 3.05) is 0 Å². The van der Waals surface area contributed by atoms with Crippen LogP contribution in [0.1, 0.15) is 21.5 Å². The van der Waals surface area contributed by atoms with Gasteiger partial charge in [0, 0.05) is 0 Å². The van der Waals surface area contributed by atoms with Crippen LogP contribution in [0.15, 0.2) is 42.5 Å². The smallest absolute Gasteiger partial charge is 0.417 e. The number of carbonyl (C=O) groups is 1. The summed E-state index contributed by atoms with van der Waals surface area (Å²) in [7, 11) is 0. The van der Waals surface area contributed by atoms with Crippen molar-refractivity contribution in [3.63, 3.8) is 0 Å². The summed E-state index contributed by atoms with van der Waals surface area (Å²) in [5, 5.41) is 0. The topological polar surface area (TPSA) is 26.3 Å². The fourth-order valence-electron chi connectivity index (χ4n) is 1.77. The van der Waals surface area contributed by atoms with Crippen molar-refractivity contribution in [2.45, 2.75) is 13.1 Å². The lowest BCUT2D eigenvalue weighted by atomic mass is 10.1. The first-order valence-corrected chi connectivity index (χ1v) is 5.93. The highest BCUT2D eigenvalue weighted by atomic mass is 19.4. The van der Waals surface area contributed by atoms with E-state index in [4.69, 9.17) is 4.74 Å². The Morgan fingerprint density at radius 1 is 1.10 bits per heavy atom. The molecule has 0 aliphatic carbocycles. The molecular formula is C15H10F4O2. The van der Waals surface area contributed by atoms with Gasteiger partial charge in [0.1, 0.15) is 11.6 Å². The molecule has 0 spiro atoms. The van der Waals surface area contributed by atoms with Crippen molar-refractivity contribution in [3.05, 3.63) is 65.0 Å². The molecular weight excluding hydrogens is 288 g/mol. The molecule has 0 amide bonds. The minimum atomic E-state index is -4.84. The maximum atomic E-state index is 13.0. The Morgan fingerprint density at radius 3 is 2.43 bits per heavy atom. The molecule has 0 bridgehead atoms. The first kappa shape index (κ1) is 15.0. The second-order valence-corrected chi connectivity index (χ2v) is 4.39. The van der Waals surface area contributed by atoms with E-state index >= 15 is 0 Å². The lowest BCUT2D eigenvalue weighted by molar-refractivity contribution is -0.138. The van der Waals surface area contributed by atoms with Crippen molar-refractivity contribution >= 4 is 5.97 Å². The minimum Gasteiger partial charge on any atom is -0.423 e. The highest BCUT2D eigenvalue weighted by Crippen LogP contribution is 2.33. The third kappa shape index (κ3) is 3.59. The van der Waals surface area contributed by atoms with E-state index in [1.165, 1.54) is 12.1 Å². The largest absolute Gasteiger partial charge is 0.423 e. The van der Waals surface area contributed by atoms with Gasteiger partial charge < -0.3 is 4.74 Å². The molecule has 0 N–H and O–H groups in total. The first-order valence-electron chi connectivity index (χ1n) is 5.93. The predicted molar refractivity (Wildman–Crippen MR) is 67.5 cm³/mol. The molecule has 2 rings (SSSR count). The van der Waals surface area contributed by atoms with Crippen LogP contribution in [-0.4, -0.2) is 5.97 Å². The van der Waals surface area contributed by atoms with Crippen LogP contribution in [0.25, 0.3) is 0 Å². The maximum Gasteiger partial charge on any atom is 0.417 e. The number of alkyl halides is 3. The summed E-state index contributed by atoms with van der Waals surface area (Å²) in [5.41, 5.74) is -1.30.